The van der Waals surface area contributed by atoms with Crippen molar-refractivity contribution in [1.82, 2.24) is 28.8 Å². The predicted octanol–water partition coefficient (Wildman–Crippen LogP) is 2.74. The third-order valence-electron chi connectivity index (χ3n) is 5.38. The zero-order valence-electron chi connectivity index (χ0n) is 17.2. The standard InChI is InChI=1S/C20H26N6O2S/c1-13(2)26-17(22-23(4)20(26)28)15-8-7-11-25(12-15)18(27)16-14(3)21-19(29-16)24-9-5-6-10-24/h5-6,9-10,13,15H,7-8,11-12H2,1-4H3. The molecular weight excluding hydrogens is 388 g/mol. The van der Waals surface area contributed by atoms with Crippen molar-refractivity contribution in [3.8, 4) is 5.13 Å². The first-order valence-electron chi connectivity index (χ1n) is 9.92. The molecule has 0 aliphatic carbocycles. The molecule has 1 aliphatic rings. The number of likely N-dealkylation sites (tertiary alicyclic amines) is 1. The molecule has 0 spiro atoms. The molecule has 1 saturated heterocycles. The first-order valence-corrected chi connectivity index (χ1v) is 10.7. The maximum Gasteiger partial charge on any atom is 0.345 e. The molecule has 3 aromatic rings. The van der Waals surface area contributed by atoms with Crippen LogP contribution in [-0.4, -0.2) is 47.8 Å². The van der Waals surface area contributed by atoms with Crippen LogP contribution in [0.15, 0.2) is 29.3 Å². The molecule has 1 unspecified atom stereocenters. The van der Waals surface area contributed by atoms with Crippen LogP contribution in [0.5, 0.6) is 0 Å². The van der Waals surface area contributed by atoms with Crippen molar-refractivity contribution in [3.05, 3.63) is 51.4 Å². The fraction of sp³-hybridized carbons (Fsp3) is 0.500. The number of aromatic nitrogens is 5. The van der Waals surface area contributed by atoms with Gasteiger partial charge in [-0.05, 0) is 45.7 Å². The summed E-state index contributed by atoms with van der Waals surface area (Å²) in [4.78, 5) is 32.8. The van der Waals surface area contributed by atoms with Gasteiger partial charge < -0.3 is 9.47 Å². The summed E-state index contributed by atoms with van der Waals surface area (Å²) in [5.41, 5.74) is 0.649. The summed E-state index contributed by atoms with van der Waals surface area (Å²) in [5.74, 6) is 0.845. The van der Waals surface area contributed by atoms with E-state index < -0.39 is 0 Å². The number of nitrogens with zero attached hydrogens (tertiary/aromatic N) is 6. The molecule has 29 heavy (non-hydrogen) atoms. The Morgan fingerprint density at radius 3 is 2.69 bits per heavy atom. The first kappa shape index (κ1) is 19.6. The normalized spacial score (nSPS) is 17.3. The Morgan fingerprint density at radius 1 is 1.28 bits per heavy atom. The second kappa shape index (κ2) is 7.62. The van der Waals surface area contributed by atoms with E-state index in [2.05, 4.69) is 10.1 Å². The van der Waals surface area contributed by atoms with Gasteiger partial charge >= 0.3 is 5.69 Å². The van der Waals surface area contributed by atoms with Gasteiger partial charge in [-0.25, -0.2) is 14.5 Å². The minimum atomic E-state index is -0.104. The Labute approximate surface area is 173 Å². The highest BCUT2D eigenvalue weighted by Crippen LogP contribution is 2.29. The quantitative estimate of drug-likeness (QED) is 0.658. The number of piperidine rings is 1. The van der Waals surface area contributed by atoms with E-state index >= 15 is 0 Å². The van der Waals surface area contributed by atoms with Crippen LogP contribution in [0, 0.1) is 6.92 Å². The molecule has 0 saturated carbocycles. The minimum absolute atomic E-state index is 0.0116. The van der Waals surface area contributed by atoms with Gasteiger partial charge in [0, 0.05) is 44.5 Å². The molecule has 0 radical (unpaired) electrons. The maximum atomic E-state index is 13.3. The summed E-state index contributed by atoms with van der Waals surface area (Å²) >= 11 is 1.42. The summed E-state index contributed by atoms with van der Waals surface area (Å²) in [6, 6.07) is 3.91. The van der Waals surface area contributed by atoms with E-state index in [4.69, 9.17) is 0 Å². The highest BCUT2D eigenvalue weighted by molar-refractivity contribution is 7.16. The van der Waals surface area contributed by atoms with Crippen molar-refractivity contribution >= 4 is 17.2 Å². The lowest BCUT2D eigenvalue weighted by molar-refractivity contribution is 0.0706. The van der Waals surface area contributed by atoms with Crippen LogP contribution in [0.2, 0.25) is 0 Å². The van der Waals surface area contributed by atoms with Gasteiger partial charge in [0.2, 0.25) is 0 Å². The van der Waals surface area contributed by atoms with Crippen LogP contribution in [-0.2, 0) is 7.05 Å². The third kappa shape index (κ3) is 3.55. The van der Waals surface area contributed by atoms with Gasteiger partial charge in [0.05, 0.1) is 5.69 Å². The molecule has 0 aromatic carbocycles. The SMILES string of the molecule is Cc1nc(-n2cccc2)sc1C(=O)N1CCCC(c2nn(C)c(=O)n2C(C)C)C1. The van der Waals surface area contributed by atoms with E-state index in [0.29, 0.717) is 18.0 Å². The molecule has 9 heteroatoms. The minimum Gasteiger partial charge on any atom is -0.337 e. The fourth-order valence-corrected chi connectivity index (χ4v) is 4.93. The monoisotopic (exact) mass is 414 g/mol. The molecule has 1 atom stereocenters. The summed E-state index contributed by atoms with van der Waals surface area (Å²) in [6.07, 6.45) is 5.66. The molecule has 0 bridgehead atoms. The molecule has 1 amide bonds. The number of carbonyl (C=O) groups excluding carboxylic acids is 1. The molecule has 0 N–H and O–H groups in total. The van der Waals surface area contributed by atoms with Gasteiger partial charge in [-0.3, -0.25) is 9.36 Å². The van der Waals surface area contributed by atoms with E-state index in [1.807, 2.05) is 54.8 Å². The van der Waals surface area contributed by atoms with Gasteiger partial charge in [0.1, 0.15) is 10.7 Å². The first-order chi connectivity index (χ1) is 13.9. The molecule has 154 valence electrons. The Bertz CT molecular complexity index is 1080. The smallest absolute Gasteiger partial charge is 0.337 e. The number of hydrogen-bond acceptors (Lipinski definition) is 5. The largest absolute Gasteiger partial charge is 0.345 e. The lowest BCUT2D eigenvalue weighted by atomic mass is 9.96. The molecule has 8 nitrogen and oxygen atoms in total. The number of aryl methyl sites for hydroxylation is 2. The lowest BCUT2D eigenvalue weighted by Gasteiger charge is -2.32. The number of rotatable bonds is 4. The zero-order chi connectivity index (χ0) is 20.7. The molecular formula is C20H26N6O2S. The van der Waals surface area contributed by atoms with Crippen LogP contribution in [0.25, 0.3) is 5.13 Å². The van der Waals surface area contributed by atoms with Crippen LogP contribution < -0.4 is 5.69 Å². The average molecular weight is 415 g/mol. The van der Waals surface area contributed by atoms with E-state index in [1.54, 1.807) is 11.6 Å². The van der Waals surface area contributed by atoms with Crippen molar-refractivity contribution in [2.45, 2.75) is 45.6 Å². The number of amides is 1. The summed E-state index contributed by atoms with van der Waals surface area (Å²) in [5, 5.41) is 5.29. The molecule has 1 fully saturated rings. The Hall–Kier alpha value is -2.68. The van der Waals surface area contributed by atoms with Gasteiger partial charge in [-0.15, -0.1) is 0 Å². The number of hydrogen-bond donors (Lipinski definition) is 0. The van der Waals surface area contributed by atoms with E-state index in [1.165, 1.54) is 16.0 Å². The van der Waals surface area contributed by atoms with Crippen molar-refractivity contribution < 1.29 is 4.79 Å². The third-order valence-corrected chi connectivity index (χ3v) is 6.54. The maximum absolute atomic E-state index is 13.3. The Morgan fingerprint density at radius 2 is 2.00 bits per heavy atom. The summed E-state index contributed by atoms with van der Waals surface area (Å²) in [6.45, 7) is 7.14. The topological polar surface area (TPSA) is 78.0 Å². The van der Waals surface area contributed by atoms with Crippen LogP contribution >= 0.6 is 11.3 Å². The summed E-state index contributed by atoms with van der Waals surface area (Å²) in [7, 11) is 1.68. The van der Waals surface area contributed by atoms with Crippen LogP contribution in [0.3, 0.4) is 0 Å². The van der Waals surface area contributed by atoms with Gasteiger partial charge in [-0.1, -0.05) is 11.3 Å². The second-order valence-corrected chi connectivity index (χ2v) is 8.80. The molecule has 4 heterocycles. The highest BCUT2D eigenvalue weighted by Gasteiger charge is 2.31. The molecule has 3 aromatic heterocycles. The van der Waals surface area contributed by atoms with E-state index in [0.717, 1.165) is 29.5 Å². The number of thiazole rings is 1. The van der Waals surface area contributed by atoms with Crippen molar-refractivity contribution in [1.29, 1.82) is 0 Å². The molecule has 1 aliphatic heterocycles. The van der Waals surface area contributed by atoms with Gasteiger partial charge in [0.25, 0.3) is 5.91 Å². The highest BCUT2D eigenvalue weighted by atomic mass is 32.1. The van der Waals surface area contributed by atoms with Gasteiger partial charge in [0.15, 0.2) is 5.13 Å². The fourth-order valence-electron chi connectivity index (χ4n) is 3.93. The Kier molecular flexibility index (Phi) is 5.16. The second-order valence-electron chi connectivity index (χ2n) is 7.82. The van der Waals surface area contributed by atoms with Crippen LogP contribution in [0.1, 0.15) is 59.8 Å². The zero-order valence-corrected chi connectivity index (χ0v) is 18.0. The van der Waals surface area contributed by atoms with Gasteiger partial charge in [-0.2, -0.15) is 5.10 Å². The van der Waals surface area contributed by atoms with Crippen molar-refractivity contribution in [2.75, 3.05) is 13.1 Å². The number of carbonyl (C=O) groups is 1. The van der Waals surface area contributed by atoms with Crippen molar-refractivity contribution in [3.63, 3.8) is 0 Å². The molecule has 4 rings (SSSR count). The summed E-state index contributed by atoms with van der Waals surface area (Å²) < 4.78 is 5.07. The van der Waals surface area contributed by atoms with Crippen molar-refractivity contribution in [2.24, 2.45) is 7.05 Å². The van der Waals surface area contributed by atoms with E-state index in [9.17, 15) is 9.59 Å². The lowest BCUT2D eigenvalue weighted by Crippen LogP contribution is -2.40. The predicted molar refractivity (Wildman–Crippen MR) is 112 cm³/mol. The average Bonchev–Trinajstić information content (AvgIpc) is 3.41. The Balaban J connectivity index is 1.59. The van der Waals surface area contributed by atoms with Crippen LogP contribution in [0.4, 0.5) is 0 Å². The van der Waals surface area contributed by atoms with E-state index in [-0.39, 0.29) is 23.6 Å².